The van der Waals surface area contributed by atoms with Crippen molar-refractivity contribution < 1.29 is 14.6 Å². The molecule has 1 aliphatic heterocycles. The molecular weight excluding hydrogens is 196 g/mol. The zero-order valence-corrected chi connectivity index (χ0v) is 8.43. The highest BCUT2D eigenvalue weighted by Gasteiger charge is 2.19. The molecule has 1 N–H and O–H groups in total. The van der Waals surface area contributed by atoms with Crippen molar-refractivity contribution in [2.45, 2.75) is 25.3 Å². The van der Waals surface area contributed by atoms with Gasteiger partial charge in [0.2, 0.25) is 0 Å². The molecule has 0 amide bonds. The lowest BCUT2D eigenvalue weighted by atomic mass is 10.1. The molecular formula is C10H14N2O3. The highest BCUT2D eigenvalue weighted by molar-refractivity contribution is 5.69. The maximum atomic E-state index is 10.6. The van der Waals surface area contributed by atoms with Gasteiger partial charge in [-0.1, -0.05) is 0 Å². The van der Waals surface area contributed by atoms with Crippen LogP contribution in [0.2, 0.25) is 0 Å². The monoisotopic (exact) mass is 210 g/mol. The number of carbonyl (C=O) groups is 1. The van der Waals surface area contributed by atoms with Gasteiger partial charge in [0, 0.05) is 18.5 Å². The van der Waals surface area contributed by atoms with Crippen LogP contribution in [0.5, 0.6) is 0 Å². The summed E-state index contributed by atoms with van der Waals surface area (Å²) in [4.78, 5) is 10.6. The molecule has 1 saturated heterocycles. The summed E-state index contributed by atoms with van der Waals surface area (Å²) in [5.74, 6) is -0.825. The molecule has 0 aliphatic carbocycles. The van der Waals surface area contributed by atoms with Gasteiger partial charge >= 0.3 is 5.97 Å². The lowest BCUT2D eigenvalue weighted by molar-refractivity contribution is -0.136. The topological polar surface area (TPSA) is 64.3 Å². The average Bonchev–Trinajstić information content (AvgIpc) is 2.66. The maximum absolute atomic E-state index is 10.6. The standard InChI is InChI=1S/C10H14N2O3/c13-10(14)6-8-3-4-11-12(8)9-2-1-5-15-7-9/h3-4,9H,1-2,5-7H2,(H,13,14). The van der Waals surface area contributed by atoms with E-state index in [1.807, 2.05) is 0 Å². The Balaban J connectivity index is 2.12. The van der Waals surface area contributed by atoms with Crippen LogP contribution in [0, 0.1) is 0 Å². The Morgan fingerprint density at radius 2 is 2.60 bits per heavy atom. The van der Waals surface area contributed by atoms with Gasteiger partial charge in [0.15, 0.2) is 0 Å². The second-order valence-corrected chi connectivity index (χ2v) is 3.71. The predicted molar refractivity (Wildman–Crippen MR) is 52.7 cm³/mol. The third kappa shape index (κ3) is 2.36. The first kappa shape index (κ1) is 10.2. The highest BCUT2D eigenvalue weighted by atomic mass is 16.5. The molecule has 0 saturated carbocycles. The number of carboxylic acid groups (broad SMARTS) is 1. The molecule has 1 unspecified atom stereocenters. The summed E-state index contributed by atoms with van der Waals surface area (Å²) in [6.45, 7) is 1.43. The van der Waals surface area contributed by atoms with E-state index in [9.17, 15) is 4.79 Å². The first-order valence-electron chi connectivity index (χ1n) is 5.09. The predicted octanol–water partition coefficient (Wildman–Crippen LogP) is 0.862. The van der Waals surface area contributed by atoms with Crippen LogP contribution >= 0.6 is 0 Å². The molecule has 5 nitrogen and oxygen atoms in total. The maximum Gasteiger partial charge on any atom is 0.309 e. The van der Waals surface area contributed by atoms with Crippen molar-refractivity contribution >= 4 is 5.97 Å². The molecule has 1 aromatic rings. The average molecular weight is 210 g/mol. The van der Waals surface area contributed by atoms with E-state index >= 15 is 0 Å². The molecule has 0 aromatic carbocycles. The molecule has 0 spiro atoms. The van der Waals surface area contributed by atoms with Crippen molar-refractivity contribution in [2.24, 2.45) is 0 Å². The molecule has 1 aliphatic rings. The van der Waals surface area contributed by atoms with Gasteiger partial charge in [-0.05, 0) is 18.9 Å². The molecule has 5 heteroatoms. The summed E-state index contributed by atoms with van der Waals surface area (Å²) in [5.41, 5.74) is 0.748. The molecule has 82 valence electrons. The van der Waals surface area contributed by atoms with Crippen LogP contribution < -0.4 is 0 Å². The summed E-state index contributed by atoms with van der Waals surface area (Å²) in [7, 11) is 0. The molecule has 1 atom stereocenters. The van der Waals surface area contributed by atoms with E-state index in [2.05, 4.69) is 5.10 Å². The summed E-state index contributed by atoms with van der Waals surface area (Å²) in [6, 6.07) is 1.95. The van der Waals surface area contributed by atoms with Gasteiger partial charge in [-0.15, -0.1) is 0 Å². The smallest absolute Gasteiger partial charge is 0.309 e. The van der Waals surface area contributed by atoms with Crippen molar-refractivity contribution in [1.29, 1.82) is 0 Å². The normalized spacial score (nSPS) is 21.5. The van der Waals surface area contributed by atoms with Gasteiger partial charge in [-0.3, -0.25) is 9.48 Å². The number of hydrogen-bond acceptors (Lipinski definition) is 3. The lowest BCUT2D eigenvalue weighted by Gasteiger charge is -2.23. The van der Waals surface area contributed by atoms with Crippen LogP contribution in [0.3, 0.4) is 0 Å². The Morgan fingerprint density at radius 1 is 1.73 bits per heavy atom. The lowest BCUT2D eigenvalue weighted by Crippen LogP contribution is -2.24. The van der Waals surface area contributed by atoms with E-state index in [0.29, 0.717) is 6.61 Å². The number of carboxylic acids is 1. The first-order valence-corrected chi connectivity index (χ1v) is 5.09. The molecule has 2 rings (SSSR count). The van der Waals surface area contributed by atoms with Crippen LogP contribution in [0.1, 0.15) is 24.6 Å². The number of hydrogen-bond donors (Lipinski definition) is 1. The zero-order chi connectivity index (χ0) is 10.7. The van der Waals surface area contributed by atoms with Crippen LogP contribution in [-0.4, -0.2) is 34.1 Å². The Labute approximate surface area is 87.7 Å². The summed E-state index contributed by atoms with van der Waals surface area (Å²) >= 11 is 0. The largest absolute Gasteiger partial charge is 0.481 e. The third-order valence-corrected chi connectivity index (χ3v) is 2.57. The van der Waals surface area contributed by atoms with Crippen molar-refractivity contribution in [3.8, 4) is 0 Å². The summed E-state index contributed by atoms with van der Waals surface area (Å²) in [6.07, 6.45) is 3.69. The summed E-state index contributed by atoms with van der Waals surface area (Å²) in [5, 5.41) is 12.9. The van der Waals surface area contributed by atoms with E-state index in [-0.39, 0.29) is 12.5 Å². The SMILES string of the molecule is O=C(O)Cc1ccnn1C1CCCOC1. The minimum Gasteiger partial charge on any atom is -0.481 e. The fourth-order valence-corrected chi connectivity index (χ4v) is 1.88. The van der Waals surface area contributed by atoms with Crippen LogP contribution in [0.25, 0.3) is 0 Å². The highest BCUT2D eigenvalue weighted by Crippen LogP contribution is 2.20. The van der Waals surface area contributed by atoms with Gasteiger partial charge in [0.05, 0.1) is 19.1 Å². The van der Waals surface area contributed by atoms with E-state index in [1.54, 1.807) is 16.9 Å². The first-order chi connectivity index (χ1) is 7.27. The third-order valence-electron chi connectivity index (χ3n) is 2.57. The second-order valence-electron chi connectivity index (χ2n) is 3.71. The number of aromatic nitrogens is 2. The van der Waals surface area contributed by atoms with Crippen LogP contribution in [0.4, 0.5) is 0 Å². The number of ether oxygens (including phenoxy) is 1. The van der Waals surface area contributed by atoms with Gasteiger partial charge in [0.1, 0.15) is 0 Å². The van der Waals surface area contributed by atoms with E-state index in [1.165, 1.54) is 0 Å². The zero-order valence-electron chi connectivity index (χ0n) is 8.43. The van der Waals surface area contributed by atoms with Crippen molar-refractivity contribution in [3.63, 3.8) is 0 Å². The molecule has 1 aromatic heterocycles. The number of aliphatic carboxylic acids is 1. The minimum absolute atomic E-state index is 0.0243. The van der Waals surface area contributed by atoms with Gasteiger partial charge < -0.3 is 9.84 Å². The fourth-order valence-electron chi connectivity index (χ4n) is 1.88. The Kier molecular flexibility index (Phi) is 3.01. The molecule has 1 fully saturated rings. The van der Waals surface area contributed by atoms with E-state index < -0.39 is 5.97 Å². The van der Waals surface area contributed by atoms with E-state index in [0.717, 1.165) is 25.1 Å². The van der Waals surface area contributed by atoms with Gasteiger partial charge in [-0.25, -0.2) is 0 Å². The van der Waals surface area contributed by atoms with Crippen LogP contribution in [0.15, 0.2) is 12.3 Å². The van der Waals surface area contributed by atoms with Gasteiger partial charge in [0.25, 0.3) is 0 Å². The molecule has 0 radical (unpaired) electrons. The van der Waals surface area contributed by atoms with Gasteiger partial charge in [-0.2, -0.15) is 5.10 Å². The van der Waals surface area contributed by atoms with Crippen LogP contribution in [-0.2, 0) is 16.0 Å². The number of rotatable bonds is 3. The molecule has 2 heterocycles. The van der Waals surface area contributed by atoms with Crippen molar-refractivity contribution in [3.05, 3.63) is 18.0 Å². The minimum atomic E-state index is -0.825. The summed E-state index contributed by atoms with van der Waals surface area (Å²) < 4.78 is 7.14. The van der Waals surface area contributed by atoms with E-state index in [4.69, 9.17) is 9.84 Å². The molecule has 15 heavy (non-hydrogen) atoms. The fraction of sp³-hybridized carbons (Fsp3) is 0.600. The van der Waals surface area contributed by atoms with Crippen molar-refractivity contribution in [1.82, 2.24) is 9.78 Å². The Morgan fingerprint density at radius 3 is 3.27 bits per heavy atom. The second kappa shape index (κ2) is 4.44. The number of nitrogens with zero attached hydrogens (tertiary/aromatic N) is 2. The Bertz CT molecular complexity index is 342. The quantitative estimate of drug-likeness (QED) is 0.803. The Hall–Kier alpha value is -1.36. The van der Waals surface area contributed by atoms with Crippen molar-refractivity contribution in [2.75, 3.05) is 13.2 Å². The molecule has 0 bridgehead atoms.